The van der Waals surface area contributed by atoms with E-state index in [0.29, 0.717) is 41.1 Å². The van der Waals surface area contributed by atoms with Crippen molar-refractivity contribution in [3.05, 3.63) is 53.4 Å². The van der Waals surface area contributed by atoms with E-state index in [-0.39, 0.29) is 17.4 Å². The van der Waals surface area contributed by atoms with Crippen LogP contribution in [-0.2, 0) is 26.2 Å². The molecule has 0 saturated heterocycles. The van der Waals surface area contributed by atoms with Crippen LogP contribution in [0.15, 0.2) is 47.6 Å². The van der Waals surface area contributed by atoms with Gasteiger partial charge < -0.3 is 18.6 Å². The third-order valence-electron chi connectivity index (χ3n) is 4.85. The summed E-state index contributed by atoms with van der Waals surface area (Å²) in [7, 11) is -4.01. The number of benzene rings is 1. The molecule has 1 atom stereocenters. The molecule has 32 heavy (non-hydrogen) atoms. The minimum atomic E-state index is -4.01. The van der Waals surface area contributed by atoms with Gasteiger partial charge in [-0.05, 0) is 30.2 Å². The fourth-order valence-corrected chi connectivity index (χ4v) is 4.72. The van der Waals surface area contributed by atoms with Gasteiger partial charge in [0.25, 0.3) is 0 Å². The number of ether oxygens (including phenoxy) is 3. The van der Waals surface area contributed by atoms with Gasteiger partial charge in [-0.3, -0.25) is 4.79 Å². The topological polar surface area (TPSA) is 108 Å². The Kier molecular flexibility index (Phi) is 6.27. The predicted molar refractivity (Wildman–Crippen MR) is 116 cm³/mol. The highest BCUT2D eigenvalue weighted by molar-refractivity contribution is 7.89. The summed E-state index contributed by atoms with van der Waals surface area (Å²) in [5.41, 5.74) is 1.16. The summed E-state index contributed by atoms with van der Waals surface area (Å²) in [6.07, 6.45) is 3.38. The molecule has 2 aromatic heterocycles. The second-order valence-corrected chi connectivity index (χ2v) is 9.75. The van der Waals surface area contributed by atoms with Gasteiger partial charge in [-0.15, -0.1) is 0 Å². The minimum absolute atomic E-state index is 0.0302. The number of aromatic nitrogens is 2. The lowest BCUT2D eigenvalue weighted by Gasteiger charge is -2.22. The van der Waals surface area contributed by atoms with Crippen molar-refractivity contribution in [3.8, 4) is 11.5 Å². The van der Waals surface area contributed by atoms with Crippen LogP contribution in [0.2, 0.25) is 5.02 Å². The molecule has 0 amide bonds. The number of halogens is 1. The van der Waals surface area contributed by atoms with Gasteiger partial charge in [0.15, 0.2) is 11.5 Å². The predicted octanol–water partition coefficient (Wildman–Crippen LogP) is 2.81. The molecule has 170 valence electrons. The minimum Gasteiger partial charge on any atom is -0.486 e. The van der Waals surface area contributed by atoms with Gasteiger partial charge in [0.05, 0.1) is 15.6 Å². The molecule has 0 aliphatic carbocycles. The lowest BCUT2D eigenvalue weighted by molar-refractivity contribution is -0.148. The van der Waals surface area contributed by atoms with Crippen molar-refractivity contribution in [2.45, 2.75) is 31.4 Å². The van der Waals surface area contributed by atoms with E-state index >= 15 is 0 Å². The fraction of sp³-hybridized carbons (Fsp3) is 0.333. The second kappa shape index (κ2) is 8.97. The van der Waals surface area contributed by atoms with Crippen molar-refractivity contribution in [1.29, 1.82) is 0 Å². The summed E-state index contributed by atoms with van der Waals surface area (Å²) in [5.74, 6) is -0.232. The molecule has 0 radical (unpaired) electrons. The third-order valence-corrected chi connectivity index (χ3v) is 6.52. The number of sulfonamides is 1. The Labute approximate surface area is 190 Å². The number of nitrogens with zero attached hydrogens (tertiary/aromatic N) is 2. The Morgan fingerprint density at radius 1 is 1.19 bits per heavy atom. The highest BCUT2D eigenvalue weighted by atomic mass is 35.5. The highest BCUT2D eigenvalue weighted by Gasteiger charge is 2.30. The van der Waals surface area contributed by atoms with Crippen LogP contribution >= 0.6 is 11.6 Å². The zero-order valence-electron chi connectivity index (χ0n) is 17.4. The van der Waals surface area contributed by atoms with Crippen molar-refractivity contribution < 1.29 is 27.4 Å². The summed E-state index contributed by atoms with van der Waals surface area (Å²) in [5, 5.41) is 0.548. The average Bonchev–Trinajstić information content (AvgIpc) is 3.17. The van der Waals surface area contributed by atoms with Crippen molar-refractivity contribution in [2.24, 2.45) is 5.92 Å². The van der Waals surface area contributed by atoms with Gasteiger partial charge in [0, 0.05) is 18.5 Å². The van der Waals surface area contributed by atoms with E-state index in [0.717, 1.165) is 0 Å². The van der Waals surface area contributed by atoms with Crippen molar-refractivity contribution in [1.82, 2.24) is 14.1 Å². The van der Waals surface area contributed by atoms with Gasteiger partial charge in [-0.2, -0.15) is 4.72 Å². The van der Waals surface area contributed by atoms with E-state index in [1.807, 2.05) is 0 Å². The number of fused-ring (bicyclic) bond motifs is 2. The van der Waals surface area contributed by atoms with Crippen LogP contribution < -0.4 is 14.2 Å². The second-order valence-electron chi connectivity index (χ2n) is 7.60. The molecule has 1 aromatic carbocycles. The first-order chi connectivity index (χ1) is 15.2. The summed E-state index contributed by atoms with van der Waals surface area (Å²) in [6.45, 7) is 4.08. The quantitative estimate of drug-likeness (QED) is 0.519. The normalized spacial score (nSPS) is 14.5. The Bertz CT molecular complexity index is 1260. The smallest absolute Gasteiger partial charge is 0.324 e. The van der Waals surface area contributed by atoms with E-state index in [4.69, 9.17) is 25.8 Å². The molecule has 9 nitrogen and oxygen atoms in total. The van der Waals surface area contributed by atoms with E-state index in [1.54, 1.807) is 42.8 Å². The van der Waals surface area contributed by atoms with Crippen molar-refractivity contribution in [3.63, 3.8) is 0 Å². The number of imidazole rings is 1. The lowest BCUT2D eigenvalue weighted by atomic mass is 10.1. The first-order valence-corrected chi connectivity index (χ1v) is 11.8. The maximum absolute atomic E-state index is 12.9. The molecule has 0 fully saturated rings. The molecule has 3 heterocycles. The first-order valence-electron chi connectivity index (χ1n) is 9.95. The van der Waals surface area contributed by atoms with E-state index in [2.05, 4.69) is 9.71 Å². The molecule has 1 N–H and O–H groups in total. The average molecular weight is 480 g/mol. The number of esters is 1. The first kappa shape index (κ1) is 22.4. The number of hydrogen-bond acceptors (Lipinski definition) is 7. The molecular formula is C21H22ClN3O6S. The molecule has 4 rings (SSSR count). The highest BCUT2D eigenvalue weighted by Crippen LogP contribution is 2.32. The molecule has 11 heteroatoms. The maximum atomic E-state index is 12.9. The number of pyridine rings is 1. The van der Waals surface area contributed by atoms with Crippen molar-refractivity contribution in [2.75, 3.05) is 13.2 Å². The monoisotopic (exact) mass is 479 g/mol. The van der Waals surface area contributed by atoms with Crippen LogP contribution in [0.1, 0.15) is 19.5 Å². The number of nitrogens with one attached hydrogen (secondary N) is 1. The van der Waals surface area contributed by atoms with Gasteiger partial charge in [0.1, 0.15) is 31.5 Å². The standard InChI is InChI=1S/C21H22ClN3O6S/c1-13(2)20(21(26)31-12-15-11-25-10-14(22)3-6-19(25)23-15)24-32(27,28)16-4-5-17-18(9-16)30-8-7-29-17/h3-6,9-11,13,20,24H,7-8,12H2,1-2H3/t20-/m0/s1. The van der Waals surface area contributed by atoms with Crippen LogP contribution in [-0.4, -0.2) is 43.0 Å². The van der Waals surface area contributed by atoms with Gasteiger partial charge in [-0.1, -0.05) is 25.4 Å². The Balaban J connectivity index is 1.46. The van der Waals surface area contributed by atoms with Crippen LogP contribution in [0.4, 0.5) is 0 Å². The zero-order valence-corrected chi connectivity index (χ0v) is 19.0. The van der Waals surface area contributed by atoms with Crippen LogP contribution in [0.3, 0.4) is 0 Å². The Hall–Kier alpha value is -2.82. The van der Waals surface area contributed by atoms with Crippen LogP contribution in [0.5, 0.6) is 11.5 Å². The molecule has 1 aliphatic rings. The third kappa shape index (κ3) is 4.82. The van der Waals surface area contributed by atoms with Crippen LogP contribution in [0.25, 0.3) is 5.65 Å². The maximum Gasteiger partial charge on any atom is 0.324 e. The van der Waals surface area contributed by atoms with E-state index in [1.165, 1.54) is 18.2 Å². The summed E-state index contributed by atoms with van der Waals surface area (Å²) in [6, 6.07) is 6.68. The molecule has 3 aromatic rings. The van der Waals surface area contributed by atoms with Gasteiger partial charge >= 0.3 is 5.97 Å². The molecule has 0 bridgehead atoms. The van der Waals surface area contributed by atoms with E-state index in [9.17, 15) is 13.2 Å². The Morgan fingerprint density at radius 3 is 2.69 bits per heavy atom. The van der Waals surface area contributed by atoms with E-state index < -0.39 is 22.0 Å². The largest absolute Gasteiger partial charge is 0.486 e. The summed E-state index contributed by atoms with van der Waals surface area (Å²) >= 11 is 5.97. The SMILES string of the molecule is CC(C)[C@H](NS(=O)(=O)c1ccc2c(c1)OCCO2)C(=O)OCc1cn2cc(Cl)ccc2n1. The molecule has 0 saturated carbocycles. The number of carbonyl (C=O) groups excluding carboxylic acids is 1. The van der Waals surface area contributed by atoms with Gasteiger partial charge in [0.2, 0.25) is 10.0 Å². The number of rotatable bonds is 7. The molecular weight excluding hydrogens is 458 g/mol. The zero-order chi connectivity index (χ0) is 22.9. The lowest BCUT2D eigenvalue weighted by Crippen LogP contribution is -2.45. The van der Waals surface area contributed by atoms with Gasteiger partial charge in [-0.25, -0.2) is 13.4 Å². The number of carbonyl (C=O) groups is 1. The van der Waals surface area contributed by atoms with Crippen molar-refractivity contribution >= 4 is 33.2 Å². The Morgan fingerprint density at radius 2 is 1.94 bits per heavy atom. The van der Waals surface area contributed by atoms with Crippen LogP contribution in [0, 0.1) is 5.92 Å². The summed E-state index contributed by atoms with van der Waals surface area (Å²) in [4.78, 5) is 17.0. The summed E-state index contributed by atoms with van der Waals surface area (Å²) < 4.78 is 46.2. The molecule has 1 aliphatic heterocycles. The molecule has 0 unspecified atom stereocenters. The number of hydrogen-bond donors (Lipinski definition) is 1. The fourth-order valence-electron chi connectivity index (χ4n) is 3.20. The molecule has 0 spiro atoms.